The first-order valence-electron chi connectivity index (χ1n) is 3.18. The molecule has 0 N–H and O–H groups in total. The minimum absolute atomic E-state index is 0.341. The van der Waals surface area contributed by atoms with Crippen LogP contribution < -0.4 is 0 Å². The van der Waals surface area contributed by atoms with Crippen molar-refractivity contribution in [1.29, 1.82) is 0 Å². The average Bonchev–Trinajstić information content (AvgIpc) is 2.01. The van der Waals surface area contributed by atoms with Crippen LogP contribution in [0.25, 0.3) is 0 Å². The Morgan fingerprint density at radius 1 is 1.14 bits per heavy atom. The molecule has 1 rings (SSSR count). The normalized spacial score (nSPS) is 12.7. The third kappa shape index (κ3) is 2.63. The Morgan fingerprint density at radius 3 is 1.86 bits per heavy atom. The Hall–Kier alpha value is -0.730. The van der Waals surface area contributed by atoms with E-state index >= 15 is 0 Å². The fourth-order valence-electron chi connectivity index (χ4n) is 0.622. The van der Waals surface area contributed by atoms with E-state index in [4.69, 9.17) is 10.7 Å². The van der Waals surface area contributed by atoms with Crippen LogP contribution in [0.15, 0.2) is 22.4 Å². The van der Waals surface area contributed by atoms with Gasteiger partial charge in [-0.05, 0) is 0 Å². The molecule has 78 valence electrons. The van der Waals surface area contributed by atoms with E-state index in [9.17, 15) is 16.8 Å². The van der Waals surface area contributed by atoms with Gasteiger partial charge in [0.05, 0.1) is 12.4 Å². The van der Waals surface area contributed by atoms with Crippen molar-refractivity contribution in [3.8, 4) is 0 Å². The van der Waals surface area contributed by atoms with Crippen LogP contribution in [-0.4, -0.2) is 33.1 Å². The van der Waals surface area contributed by atoms with Gasteiger partial charge in [0.25, 0.3) is 9.05 Å². The van der Waals surface area contributed by atoms with E-state index < -0.39 is 24.0 Å². The molecule has 0 saturated carbocycles. The average molecular weight is 257 g/mol. The fourth-order valence-corrected chi connectivity index (χ4v) is 1.71. The van der Waals surface area contributed by atoms with Crippen LogP contribution in [0.5, 0.6) is 0 Å². The second-order valence-corrected chi connectivity index (χ2v) is 6.89. The monoisotopic (exact) mass is 256 g/mol. The molecule has 6 nitrogen and oxygen atoms in total. The SMILES string of the molecule is CS(=O)(=O)c1ncc(S(=O)(=O)Cl)cn1. The molecule has 0 amide bonds. The van der Waals surface area contributed by atoms with E-state index in [-0.39, 0.29) is 4.90 Å². The van der Waals surface area contributed by atoms with E-state index in [0.29, 0.717) is 0 Å². The fraction of sp³-hybridized carbons (Fsp3) is 0.200. The molecule has 0 aliphatic carbocycles. The second kappa shape index (κ2) is 3.44. The van der Waals surface area contributed by atoms with Gasteiger partial charge in [-0.1, -0.05) is 0 Å². The van der Waals surface area contributed by atoms with Crippen molar-refractivity contribution in [2.45, 2.75) is 10.1 Å². The van der Waals surface area contributed by atoms with Crippen molar-refractivity contribution in [1.82, 2.24) is 9.97 Å². The predicted molar refractivity (Wildman–Crippen MR) is 48.2 cm³/mol. The van der Waals surface area contributed by atoms with E-state index in [2.05, 4.69) is 9.97 Å². The quantitative estimate of drug-likeness (QED) is 0.538. The van der Waals surface area contributed by atoms with Crippen molar-refractivity contribution >= 4 is 29.6 Å². The summed E-state index contributed by atoms with van der Waals surface area (Å²) >= 11 is 0. The summed E-state index contributed by atoms with van der Waals surface area (Å²) in [7, 11) is -2.47. The Kier molecular flexibility index (Phi) is 2.79. The molecule has 0 saturated heterocycles. The summed E-state index contributed by atoms with van der Waals surface area (Å²) in [6.07, 6.45) is 2.59. The van der Waals surface area contributed by atoms with Gasteiger partial charge in [-0.2, -0.15) is 0 Å². The first kappa shape index (κ1) is 11.3. The molecule has 1 heterocycles. The van der Waals surface area contributed by atoms with Gasteiger partial charge in [0.15, 0.2) is 0 Å². The molecule has 0 radical (unpaired) electrons. The summed E-state index contributed by atoms with van der Waals surface area (Å²) in [5.41, 5.74) is 0. The Bertz CT molecular complexity index is 483. The molecule has 0 fully saturated rings. The minimum Gasteiger partial charge on any atom is -0.225 e. The highest BCUT2D eigenvalue weighted by molar-refractivity contribution is 8.13. The molecule has 1 aromatic rings. The number of halogens is 1. The third-order valence-electron chi connectivity index (χ3n) is 1.22. The lowest BCUT2D eigenvalue weighted by Crippen LogP contribution is -2.04. The zero-order chi connectivity index (χ0) is 11.0. The molecule has 0 spiro atoms. The van der Waals surface area contributed by atoms with Crippen molar-refractivity contribution in [2.75, 3.05) is 6.26 Å². The van der Waals surface area contributed by atoms with Crippen LogP contribution in [0.4, 0.5) is 0 Å². The van der Waals surface area contributed by atoms with E-state index in [1.165, 1.54) is 0 Å². The van der Waals surface area contributed by atoms with Gasteiger partial charge in [-0.25, -0.2) is 26.8 Å². The van der Waals surface area contributed by atoms with Crippen LogP contribution in [0.3, 0.4) is 0 Å². The first-order valence-corrected chi connectivity index (χ1v) is 7.38. The molecule has 0 atom stereocenters. The highest BCUT2D eigenvalue weighted by Crippen LogP contribution is 2.12. The van der Waals surface area contributed by atoms with Crippen LogP contribution in [0.2, 0.25) is 0 Å². The number of nitrogens with zero attached hydrogens (tertiary/aromatic N) is 2. The summed E-state index contributed by atoms with van der Waals surface area (Å²) in [5, 5.41) is -0.443. The smallest absolute Gasteiger partial charge is 0.225 e. The van der Waals surface area contributed by atoms with Crippen molar-refractivity contribution in [2.24, 2.45) is 0 Å². The summed E-state index contributed by atoms with van der Waals surface area (Å²) in [5.74, 6) is 0. The number of sulfone groups is 1. The van der Waals surface area contributed by atoms with Crippen molar-refractivity contribution in [3.63, 3.8) is 0 Å². The van der Waals surface area contributed by atoms with Gasteiger partial charge in [0.1, 0.15) is 4.90 Å². The molecule has 0 unspecified atom stereocenters. The largest absolute Gasteiger partial charge is 0.264 e. The van der Waals surface area contributed by atoms with E-state index in [0.717, 1.165) is 18.6 Å². The molecule has 1 aromatic heterocycles. The lowest BCUT2D eigenvalue weighted by atomic mass is 10.7. The molecule has 0 aliphatic heterocycles. The molecule has 0 bridgehead atoms. The lowest BCUT2D eigenvalue weighted by Gasteiger charge is -1.96. The van der Waals surface area contributed by atoms with Gasteiger partial charge in [0.2, 0.25) is 15.0 Å². The summed E-state index contributed by atoms with van der Waals surface area (Å²) < 4.78 is 43.2. The second-order valence-electron chi connectivity index (χ2n) is 2.41. The number of hydrogen-bond acceptors (Lipinski definition) is 6. The molecule has 0 aromatic carbocycles. The van der Waals surface area contributed by atoms with Crippen LogP contribution in [-0.2, 0) is 18.9 Å². The van der Waals surface area contributed by atoms with Gasteiger partial charge >= 0.3 is 0 Å². The van der Waals surface area contributed by atoms with Crippen LogP contribution >= 0.6 is 10.7 Å². The lowest BCUT2D eigenvalue weighted by molar-refractivity contribution is 0.589. The summed E-state index contributed by atoms with van der Waals surface area (Å²) in [4.78, 5) is 6.37. The third-order valence-corrected chi connectivity index (χ3v) is 3.40. The van der Waals surface area contributed by atoms with Gasteiger partial charge in [0, 0.05) is 16.9 Å². The molecule has 0 aliphatic rings. The highest BCUT2D eigenvalue weighted by Gasteiger charge is 2.15. The maximum Gasteiger partial charge on any atom is 0.264 e. The topological polar surface area (TPSA) is 94.1 Å². The van der Waals surface area contributed by atoms with Crippen molar-refractivity contribution in [3.05, 3.63) is 12.4 Å². The van der Waals surface area contributed by atoms with Gasteiger partial charge < -0.3 is 0 Å². The van der Waals surface area contributed by atoms with E-state index in [1.807, 2.05) is 0 Å². The Morgan fingerprint density at radius 2 is 1.57 bits per heavy atom. The zero-order valence-corrected chi connectivity index (χ0v) is 9.27. The molecule has 9 heteroatoms. The summed E-state index contributed by atoms with van der Waals surface area (Å²) in [6, 6.07) is 0. The van der Waals surface area contributed by atoms with E-state index in [1.54, 1.807) is 0 Å². The molecule has 14 heavy (non-hydrogen) atoms. The molecular weight excluding hydrogens is 252 g/mol. The number of hydrogen-bond donors (Lipinski definition) is 0. The first-order chi connectivity index (χ1) is 6.21. The van der Waals surface area contributed by atoms with Crippen LogP contribution in [0, 0.1) is 0 Å². The Balaban J connectivity index is 3.28. The number of rotatable bonds is 2. The van der Waals surface area contributed by atoms with Crippen molar-refractivity contribution < 1.29 is 16.8 Å². The van der Waals surface area contributed by atoms with Gasteiger partial charge in [-0.15, -0.1) is 0 Å². The van der Waals surface area contributed by atoms with Gasteiger partial charge in [-0.3, -0.25) is 0 Å². The predicted octanol–water partition coefficient (Wildman–Crippen LogP) is -0.192. The van der Waals surface area contributed by atoms with Crippen LogP contribution in [0.1, 0.15) is 0 Å². The standard InChI is InChI=1S/C5H5ClN2O4S2/c1-13(9,10)5-7-2-4(3-8-5)14(6,11)12/h2-3H,1H3. The minimum atomic E-state index is -3.91. The molecular formula is C5H5ClN2O4S2. The highest BCUT2D eigenvalue weighted by atomic mass is 35.7. The summed E-state index contributed by atoms with van der Waals surface area (Å²) in [6.45, 7) is 0. The maximum absolute atomic E-state index is 10.9. The Labute approximate surface area is 85.3 Å². The zero-order valence-electron chi connectivity index (χ0n) is 6.88. The number of aromatic nitrogens is 2. The maximum atomic E-state index is 10.9.